The summed E-state index contributed by atoms with van der Waals surface area (Å²) in [5.41, 5.74) is 0.932. The van der Waals surface area contributed by atoms with Crippen LogP contribution in [0.4, 0.5) is 4.39 Å². The van der Waals surface area contributed by atoms with Crippen LogP contribution in [-0.2, 0) is 24.9 Å². The van der Waals surface area contributed by atoms with Crippen LogP contribution in [0.1, 0.15) is 24.2 Å². The van der Waals surface area contributed by atoms with Gasteiger partial charge in [0.2, 0.25) is 0 Å². The third kappa shape index (κ3) is 4.08. The van der Waals surface area contributed by atoms with E-state index in [1.54, 1.807) is 19.2 Å². The average Bonchev–Trinajstić information content (AvgIpc) is 3.11. The summed E-state index contributed by atoms with van der Waals surface area (Å²) in [5, 5.41) is 12.1. The molecule has 22 heavy (non-hydrogen) atoms. The van der Waals surface area contributed by atoms with Gasteiger partial charge in [0.15, 0.2) is 5.82 Å². The number of ether oxygens (including phenoxy) is 1. The van der Waals surface area contributed by atoms with Crippen molar-refractivity contribution in [1.29, 1.82) is 0 Å². The second-order valence-corrected chi connectivity index (χ2v) is 5.63. The molecule has 1 unspecified atom stereocenters. The van der Waals surface area contributed by atoms with Gasteiger partial charge >= 0.3 is 0 Å². The van der Waals surface area contributed by atoms with Crippen molar-refractivity contribution in [3.05, 3.63) is 41.5 Å². The van der Waals surface area contributed by atoms with Crippen LogP contribution in [0.25, 0.3) is 0 Å². The summed E-state index contributed by atoms with van der Waals surface area (Å²) >= 11 is 0. The second kappa shape index (κ2) is 6.93. The first-order chi connectivity index (χ1) is 10.7. The van der Waals surface area contributed by atoms with E-state index in [0.29, 0.717) is 18.9 Å². The molecule has 0 saturated carbocycles. The Hall–Kier alpha value is -1.86. The van der Waals surface area contributed by atoms with Crippen molar-refractivity contribution in [2.75, 3.05) is 13.2 Å². The second-order valence-electron chi connectivity index (χ2n) is 5.63. The van der Waals surface area contributed by atoms with Gasteiger partial charge in [0, 0.05) is 19.7 Å². The highest BCUT2D eigenvalue weighted by atomic mass is 19.1. The SMILES string of the molecule is Cn1nnc(CN(Cc2cccc(F)c2)CC2CCCO2)n1. The van der Waals surface area contributed by atoms with Gasteiger partial charge in [0.05, 0.1) is 19.7 Å². The summed E-state index contributed by atoms with van der Waals surface area (Å²) in [7, 11) is 1.74. The Morgan fingerprint density at radius 2 is 2.32 bits per heavy atom. The summed E-state index contributed by atoms with van der Waals surface area (Å²) in [6.45, 7) is 2.82. The number of aryl methyl sites for hydroxylation is 1. The van der Waals surface area contributed by atoms with E-state index in [1.807, 2.05) is 6.07 Å². The van der Waals surface area contributed by atoms with E-state index in [0.717, 1.165) is 31.6 Å². The molecule has 1 fully saturated rings. The number of halogens is 1. The number of nitrogens with zero attached hydrogens (tertiary/aromatic N) is 5. The lowest BCUT2D eigenvalue weighted by atomic mass is 10.1. The molecule has 1 aliphatic rings. The summed E-state index contributed by atoms with van der Waals surface area (Å²) in [5.74, 6) is 0.448. The molecule has 0 N–H and O–H groups in total. The Bertz CT molecular complexity index is 611. The van der Waals surface area contributed by atoms with E-state index in [2.05, 4.69) is 20.3 Å². The summed E-state index contributed by atoms with van der Waals surface area (Å²) < 4.78 is 19.1. The molecule has 0 bridgehead atoms. The highest BCUT2D eigenvalue weighted by Crippen LogP contribution is 2.16. The number of aromatic nitrogens is 4. The van der Waals surface area contributed by atoms with E-state index >= 15 is 0 Å². The molecule has 1 saturated heterocycles. The molecule has 0 spiro atoms. The maximum atomic E-state index is 13.4. The maximum Gasteiger partial charge on any atom is 0.188 e. The average molecular weight is 305 g/mol. The van der Waals surface area contributed by atoms with Gasteiger partial charge in [0.1, 0.15) is 5.82 Å². The van der Waals surface area contributed by atoms with Gasteiger partial charge in [0.25, 0.3) is 0 Å². The van der Waals surface area contributed by atoms with E-state index in [1.165, 1.54) is 10.9 Å². The van der Waals surface area contributed by atoms with E-state index < -0.39 is 0 Å². The molecule has 0 aliphatic carbocycles. The Kier molecular flexibility index (Phi) is 4.74. The minimum absolute atomic E-state index is 0.216. The lowest BCUT2D eigenvalue weighted by Crippen LogP contribution is -2.32. The Morgan fingerprint density at radius 1 is 1.41 bits per heavy atom. The monoisotopic (exact) mass is 305 g/mol. The number of hydrogen-bond acceptors (Lipinski definition) is 5. The normalized spacial score (nSPS) is 18.2. The Morgan fingerprint density at radius 3 is 3.00 bits per heavy atom. The van der Waals surface area contributed by atoms with Crippen molar-refractivity contribution in [2.24, 2.45) is 7.05 Å². The molecule has 7 heteroatoms. The number of hydrogen-bond donors (Lipinski definition) is 0. The van der Waals surface area contributed by atoms with Gasteiger partial charge in [-0.25, -0.2) is 4.39 Å². The fourth-order valence-corrected chi connectivity index (χ4v) is 2.74. The zero-order chi connectivity index (χ0) is 15.4. The number of tetrazole rings is 1. The summed E-state index contributed by atoms with van der Waals surface area (Å²) in [6.07, 6.45) is 2.39. The summed E-state index contributed by atoms with van der Waals surface area (Å²) in [4.78, 5) is 3.63. The molecule has 1 aromatic heterocycles. The molecule has 3 rings (SSSR count). The Balaban J connectivity index is 1.69. The van der Waals surface area contributed by atoms with Gasteiger partial charge < -0.3 is 4.74 Å². The molecular weight excluding hydrogens is 285 g/mol. The van der Waals surface area contributed by atoms with Crippen LogP contribution in [0.5, 0.6) is 0 Å². The number of rotatable bonds is 6. The first-order valence-corrected chi connectivity index (χ1v) is 7.50. The van der Waals surface area contributed by atoms with Gasteiger partial charge in [-0.3, -0.25) is 4.90 Å². The largest absolute Gasteiger partial charge is 0.377 e. The first-order valence-electron chi connectivity index (χ1n) is 7.50. The highest BCUT2D eigenvalue weighted by molar-refractivity contribution is 5.16. The van der Waals surface area contributed by atoms with E-state index in [-0.39, 0.29) is 11.9 Å². The van der Waals surface area contributed by atoms with Crippen molar-refractivity contribution < 1.29 is 9.13 Å². The van der Waals surface area contributed by atoms with Crippen molar-refractivity contribution in [1.82, 2.24) is 25.1 Å². The van der Waals surface area contributed by atoms with Gasteiger partial charge in [-0.2, -0.15) is 4.80 Å². The molecule has 1 aliphatic heterocycles. The highest BCUT2D eigenvalue weighted by Gasteiger charge is 2.20. The van der Waals surface area contributed by atoms with Crippen LogP contribution in [0, 0.1) is 5.82 Å². The van der Waals surface area contributed by atoms with Gasteiger partial charge in [-0.1, -0.05) is 12.1 Å². The minimum Gasteiger partial charge on any atom is -0.377 e. The molecular formula is C15H20FN5O. The van der Waals surface area contributed by atoms with E-state index in [4.69, 9.17) is 4.74 Å². The smallest absolute Gasteiger partial charge is 0.188 e. The molecule has 0 amide bonds. The molecule has 1 aromatic carbocycles. The van der Waals surface area contributed by atoms with Crippen molar-refractivity contribution in [3.63, 3.8) is 0 Å². The van der Waals surface area contributed by atoms with Gasteiger partial charge in [-0.15, -0.1) is 10.2 Å². The third-order valence-corrected chi connectivity index (χ3v) is 3.70. The lowest BCUT2D eigenvalue weighted by molar-refractivity contribution is 0.0669. The van der Waals surface area contributed by atoms with E-state index in [9.17, 15) is 4.39 Å². The lowest BCUT2D eigenvalue weighted by Gasteiger charge is -2.24. The van der Waals surface area contributed by atoms with Gasteiger partial charge in [-0.05, 0) is 35.8 Å². The predicted octanol–water partition coefficient (Wildman–Crippen LogP) is 1.53. The fourth-order valence-electron chi connectivity index (χ4n) is 2.74. The van der Waals surface area contributed by atoms with Crippen LogP contribution < -0.4 is 0 Å². The van der Waals surface area contributed by atoms with Crippen molar-refractivity contribution in [2.45, 2.75) is 32.0 Å². The molecule has 2 heterocycles. The molecule has 6 nitrogen and oxygen atoms in total. The Labute approximate surface area is 128 Å². The topological polar surface area (TPSA) is 56.1 Å². The molecule has 2 aromatic rings. The van der Waals surface area contributed by atoms with Crippen LogP contribution >= 0.6 is 0 Å². The quantitative estimate of drug-likeness (QED) is 0.810. The zero-order valence-corrected chi connectivity index (χ0v) is 12.7. The third-order valence-electron chi connectivity index (χ3n) is 3.70. The first kappa shape index (κ1) is 15.1. The summed E-state index contributed by atoms with van der Waals surface area (Å²) in [6, 6.07) is 6.68. The standard InChI is InChI=1S/C15H20FN5O/c1-20-18-15(17-19-20)11-21(10-14-6-3-7-22-14)9-12-4-2-5-13(16)8-12/h2,4-5,8,14H,3,6-7,9-11H2,1H3. The van der Waals surface area contributed by atoms with Crippen LogP contribution in [-0.4, -0.2) is 44.4 Å². The van der Waals surface area contributed by atoms with Crippen molar-refractivity contribution >= 4 is 0 Å². The van der Waals surface area contributed by atoms with Crippen molar-refractivity contribution in [3.8, 4) is 0 Å². The number of benzene rings is 1. The maximum absolute atomic E-state index is 13.4. The fraction of sp³-hybridized carbons (Fsp3) is 0.533. The minimum atomic E-state index is -0.216. The van der Waals surface area contributed by atoms with Crippen LogP contribution in [0.15, 0.2) is 24.3 Å². The molecule has 1 atom stereocenters. The van der Waals surface area contributed by atoms with Crippen LogP contribution in [0.2, 0.25) is 0 Å². The zero-order valence-electron chi connectivity index (χ0n) is 12.7. The molecule has 0 radical (unpaired) electrons. The van der Waals surface area contributed by atoms with Crippen LogP contribution in [0.3, 0.4) is 0 Å². The predicted molar refractivity (Wildman–Crippen MR) is 78.3 cm³/mol. The molecule has 118 valence electrons.